The molecular weight excluding hydrogens is 242 g/mol. The van der Waals surface area contributed by atoms with E-state index in [4.69, 9.17) is 15.2 Å². The van der Waals surface area contributed by atoms with Crippen molar-refractivity contribution in [1.82, 2.24) is 0 Å². The Morgan fingerprint density at radius 2 is 1.95 bits per heavy atom. The average molecular weight is 267 g/mol. The fourth-order valence-electron chi connectivity index (χ4n) is 1.81. The molecule has 0 aliphatic carbocycles. The van der Waals surface area contributed by atoms with Gasteiger partial charge in [-0.2, -0.15) is 0 Å². The van der Waals surface area contributed by atoms with Crippen molar-refractivity contribution in [3.05, 3.63) is 23.8 Å². The molecule has 19 heavy (non-hydrogen) atoms. The van der Waals surface area contributed by atoms with Crippen LogP contribution in [0.5, 0.6) is 11.5 Å². The van der Waals surface area contributed by atoms with E-state index in [1.54, 1.807) is 7.11 Å². The number of benzene rings is 1. The second kappa shape index (κ2) is 6.78. The van der Waals surface area contributed by atoms with E-state index in [2.05, 4.69) is 0 Å². The summed E-state index contributed by atoms with van der Waals surface area (Å²) in [6.07, 6.45) is 1.31. The van der Waals surface area contributed by atoms with E-state index < -0.39 is 5.60 Å². The largest absolute Gasteiger partial charge is 0.497 e. The van der Waals surface area contributed by atoms with Crippen molar-refractivity contribution in [2.75, 3.05) is 13.7 Å². The van der Waals surface area contributed by atoms with Crippen LogP contribution in [0.25, 0.3) is 0 Å². The summed E-state index contributed by atoms with van der Waals surface area (Å²) in [6, 6.07) is 5.44. The van der Waals surface area contributed by atoms with E-state index in [-0.39, 0.29) is 12.6 Å². The Hall–Kier alpha value is -1.26. The Balaban J connectivity index is 2.91. The molecule has 4 heteroatoms. The summed E-state index contributed by atoms with van der Waals surface area (Å²) in [5.41, 5.74) is 6.05. The Bertz CT molecular complexity index is 400. The van der Waals surface area contributed by atoms with Crippen molar-refractivity contribution in [3.8, 4) is 11.5 Å². The highest BCUT2D eigenvalue weighted by atomic mass is 16.5. The normalized spacial score (nSPS) is 13.2. The molecule has 0 radical (unpaired) electrons. The van der Waals surface area contributed by atoms with Gasteiger partial charge in [-0.3, -0.25) is 0 Å². The van der Waals surface area contributed by atoms with Crippen molar-refractivity contribution in [3.63, 3.8) is 0 Å². The predicted molar refractivity (Wildman–Crippen MR) is 76.6 cm³/mol. The maximum Gasteiger partial charge on any atom is 0.127 e. The molecule has 0 aromatic heterocycles. The van der Waals surface area contributed by atoms with Gasteiger partial charge in [-0.05, 0) is 25.8 Å². The van der Waals surface area contributed by atoms with Gasteiger partial charge in [-0.1, -0.05) is 19.9 Å². The van der Waals surface area contributed by atoms with E-state index in [0.29, 0.717) is 18.6 Å². The zero-order chi connectivity index (χ0) is 14.5. The third-order valence-electron chi connectivity index (χ3n) is 3.52. The molecule has 0 heterocycles. The first-order valence-corrected chi connectivity index (χ1v) is 6.74. The molecule has 4 nitrogen and oxygen atoms in total. The minimum atomic E-state index is -0.793. The molecule has 0 amide bonds. The highest BCUT2D eigenvalue weighted by molar-refractivity contribution is 5.42. The molecule has 0 bridgehead atoms. The number of hydrogen-bond donors (Lipinski definition) is 2. The van der Waals surface area contributed by atoms with Crippen LogP contribution in [-0.4, -0.2) is 24.4 Å². The predicted octanol–water partition coefficient (Wildman–Crippen LogP) is 2.64. The van der Waals surface area contributed by atoms with Gasteiger partial charge >= 0.3 is 0 Å². The lowest BCUT2D eigenvalue weighted by molar-refractivity contribution is -0.0117. The molecule has 1 atom stereocenters. The molecule has 0 unspecified atom stereocenters. The van der Waals surface area contributed by atoms with Crippen molar-refractivity contribution in [2.45, 2.75) is 45.3 Å². The van der Waals surface area contributed by atoms with Crippen molar-refractivity contribution in [1.29, 1.82) is 0 Å². The summed E-state index contributed by atoms with van der Waals surface area (Å²) in [4.78, 5) is 0. The highest BCUT2D eigenvalue weighted by Gasteiger charge is 2.24. The van der Waals surface area contributed by atoms with Gasteiger partial charge in [0.1, 0.15) is 18.1 Å². The topological polar surface area (TPSA) is 64.7 Å². The Morgan fingerprint density at radius 1 is 1.32 bits per heavy atom. The van der Waals surface area contributed by atoms with Crippen molar-refractivity contribution >= 4 is 0 Å². The third kappa shape index (κ3) is 4.11. The number of rotatable bonds is 7. The van der Waals surface area contributed by atoms with Gasteiger partial charge in [0.05, 0.1) is 12.7 Å². The SMILES string of the molecule is CCC(O)(CC)COc1cc(OC)ccc1[C@H](C)N. The number of ether oxygens (including phenoxy) is 2. The van der Waals surface area contributed by atoms with Gasteiger partial charge < -0.3 is 20.3 Å². The van der Waals surface area contributed by atoms with Crippen LogP contribution in [0.4, 0.5) is 0 Å². The molecule has 0 fully saturated rings. The average Bonchev–Trinajstić information content (AvgIpc) is 2.44. The molecule has 1 rings (SSSR count). The second-order valence-corrected chi connectivity index (χ2v) is 4.91. The molecular formula is C15H25NO3. The van der Waals surface area contributed by atoms with Crippen LogP contribution in [0.1, 0.15) is 45.2 Å². The highest BCUT2D eigenvalue weighted by Crippen LogP contribution is 2.29. The van der Waals surface area contributed by atoms with Crippen LogP contribution >= 0.6 is 0 Å². The monoisotopic (exact) mass is 267 g/mol. The minimum absolute atomic E-state index is 0.128. The summed E-state index contributed by atoms with van der Waals surface area (Å²) in [7, 11) is 1.61. The van der Waals surface area contributed by atoms with Gasteiger partial charge in [0, 0.05) is 17.7 Å². The van der Waals surface area contributed by atoms with Gasteiger partial charge in [-0.25, -0.2) is 0 Å². The lowest BCUT2D eigenvalue weighted by Gasteiger charge is -2.26. The number of methoxy groups -OCH3 is 1. The third-order valence-corrected chi connectivity index (χ3v) is 3.52. The molecule has 1 aromatic rings. The maximum atomic E-state index is 10.3. The summed E-state index contributed by atoms with van der Waals surface area (Å²) < 4.78 is 11.0. The first-order chi connectivity index (χ1) is 8.95. The number of nitrogens with two attached hydrogens (primary N) is 1. The summed E-state index contributed by atoms with van der Waals surface area (Å²) >= 11 is 0. The quantitative estimate of drug-likeness (QED) is 0.797. The minimum Gasteiger partial charge on any atom is -0.497 e. The molecule has 3 N–H and O–H groups in total. The van der Waals surface area contributed by atoms with Gasteiger partial charge in [0.25, 0.3) is 0 Å². The molecule has 0 saturated heterocycles. The fraction of sp³-hybridized carbons (Fsp3) is 0.600. The van der Waals surface area contributed by atoms with Gasteiger partial charge in [0.15, 0.2) is 0 Å². The Kier molecular flexibility index (Phi) is 5.63. The molecule has 1 aromatic carbocycles. The van der Waals surface area contributed by atoms with E-state index >= 15 is 0 Å². The van der Waals surface area contributed by atoms with Gasteiger partial charge in [0.2, 0.25) is 0 Å². The molecule has 0 saturated carbocycles. The van der Waals surface area contributed by atoms with Crippen molar-refractivity contribution in [2.24, 2.45) is 5.73 Å². The fourth-order valence-corrected chi connectivity index (χ4v) is 1.81. The van der Waals surface area contributed by atoms with E-state index in [1.807, 2.05) is 39.0 Å². The zero-order valence-electron chi connectivity index (χ0n) is 12.3. The first kappa shape index (κ1) is 15.8. The number of hydrogen-bond acceptors (Lipinski definition) is 4. The standard InChI is InChI=1S/C15H25NO3/c1-5-15(17,6-2)10-19-14-9-12(18-4)7-8-13(14)11(3)16/h7-9,11,17H,5-6,10,16H2,1-4H3/t11-/m0/s1. The second-order valence-electron chi connectivity index (χ2n) is 4.91. The molecule has 0 aliphatic heterocycles. The lowest BCUT2D eigenvalue weighted by Crippen LogP contribution is -2.34. The summed E-state index contributed by atoms with van der Waals surface area (Å²) in [6.45, 7) is 6.06. The van der Waals surface area contributed by atoms with Crippen LogP contribution in [0.2, 0.25) is 0 Å². The maximum absolute atomic E-state index is 10.3. The van der Waals surface area contributed by atoms with E-state index in [0.717, 1.165) is 11.3 Å². The van der Waals surface area contributed by atoms with Crippen LogP contribution in [0.15, 0.2) is 18.2 Å². The molecule has 0 spiro atoms. The number of aliphatic hydroxyl groups is 1. The molecule has 108 valence electrons. The Morgan fingerprint density at radius 3 is 2.42 bits per heavy atom. The first-order valence-electron chi connectivity index (χ1n) is 6.74. The van der Waals surface area contributed by atoms with E-state index in [1.165, 1.54) is 0 Å². The summed E-state index contributed by atoms with van der Waals surface area (Å²) in [5.74, 6) is 1.39. The van der Waals surface area contributed by atoms with Crippen molar-refractivity contribution < 1.29 is 14.6 Å². The van der Waals surface area contributed by atoms with Crippen LogP contribution in [0, 0.1) is 0 Å². The smallest absolute Gasteiger partial charge is 0.127 e. The van der Waals surface area contributed by atoms with E-state index in [9.17, 15) is 5.11 Å². The zero-order valence-corrected chi connectivity index (χ0v) is 12.3. The van der Waals surface area contributed by atoms with Crippen LogP contribution in [-0.2, 0) is 0 Å². The summed E-state index contributed by atoms with van der Waals surface area (Å²) in [5, 5.41) is 10.3. The van der Waals surface area contributed by atoms with Crippen LogP contribution < -0.4 is 15.2 Å². The lowest BCUT2D eigenvalue weighted by atomic mass is 9.99. The Labute approximate surface area is 115 Å². The van der Waals surface area contributed by atoms with Gasteiger partial charge in [-0.15, -0.1) is 0 Å². The molecule has 0 aliphatic rings. The van der Waals surface area contributed by atoms with Crippen LogP contribution in [0.3, 0.4) is 0 Å².